The molecule has 112 valence electrons. The summed E-state index contributed by atoms with van der Waals surface area (Å²) in [7, 11) is 2.06. The molecule has 1 N–H and O–H groups in total. The Morgan fingerprint density at radius 2 is 1.39 bits per heavy atom. The number of para-hydroxylation sites is 3. The van der Waals surface area contributed by atoms with Gasteiger partial charge in [0.05, 0.1) is 11.0 Å². The molecule has 1 heterocycles. The number of nitrogens with zero attached hydrogens (tertiary/aromatic N) is 2. The number of hydrogen-bond acceptors (Lipinski definition) is 2. The smallest absolute Gasteiger partial charge is 0.140 e. The van der Waals surface area contributed by atoms with E-state index in [1.54, 1.807) is 0 Å². The lowest BCUT2D eigenvalue weighted by molar-refractivity contribution is 0.959. The molecule has 0 unspecified atom stereocenters. The van der Waals surface area contributed by atoms with Crippen molar-refractivity contribution >= 4 is 22.4 Å². The number of nitrogens with one attached hydrogen (secondary N) is 1. The number of aromatic nitrogens is 2. The average Bonchev–Trinajstić information content (AvgIpc) is 2.94. The second-order valence-electron chi connectivity index (χ2n) is 5.55. The van der Waals surface area contributed by atoms with Crippen molar-refractivity contribution in [3.8, 4) is 11.4 Å². The van der Waals surface area contributed by atoms with Crippen molar-refractivity contribution in [2.75, 3.05) is 5.32 Å². The molecule has 0 aliphatic rings. The highest BCUT2D eigenvalue weighted by Gasteiger charge is 2.09. The van der Waals surface area contributed by atoms with Crippen molar-refractivity contribution in [2.45, 2.75) is 0 Å². The Balaban J connectivity index is 1.66. The van der Waals surface area contributed by atoms with Gasteiger partial charge >= 0.3 is 0 Å². The molecular weight excluding hydrogens is 282 g/mol. The highest BCUT2D eigenvalue weighted by molar-refractivity contribution is 5.80. The van der Waals surface area contributed by atoms with Crippen LogP contribution in [0.25, 0.3) is 22.4 Å². The molecule has 0 aliphatic heterocycles. The van der Waals surface area contributed by atoms with E-state index in [9.17, 15) is 0 Å². The predicted octanol–water partition coefficient (Wildman–Crippen LogP) is 4.98. The van der Waals surface area contributed by atoms with Gasteiger partial charge in [-0.25, -0.2) is 4.98 Å². The maximum atomic E-state index is 4.74. The normalized spacial score (nSPS) is 10.8. The summed E-state index contributed by atoms with van der Waals surface area (Å²) >= 11 is 0. The fraction of sp³-hybridized carbons (Fsp3) is 0.0500. The van der Waals surface area contributed by atoms with Crippen LogP contribution < -0.4 is 5.32 Å². The molecule has 3 nitrogen and oxygen atoms in total. The Kier molecular flexibility index (Phi) is 3.31. The zero-order valence-electron chi connectivity index (χ0n) is 12.9. The molecule has 0 radical (unpaired) electrons. The van der Waals surface area contributed by atoms with Crippen molar-refractivity contribution in [3.63, 3.8) is 0 Å². The van der Waals surface area contributed by atoms with Crippen LogP contribution in [0.1, 0.15) is 0 Å². The third-order valence-electron chi connectivity index (χ3n) is 3.99. The SMILES string of the molecule is Cn1c(-c2ccc(Nc3ccccc3)cc2)nc2ccccc21. The Bertz CT molecular complexity index is 938. The van der Waals surface area contributed by atoms with Gasteiger partial charge in [0.25, 0.3) is 0 Å². The van der Waals surface area contributed by atoms with Gasteiger partial charge in [-0.05, 0) is 48.5 Å². The monoisotopic (exact) mass is 299 g/mol. The highest BCUT2D eigenvalue weighted by Crippen LogP contribution is 2.25. The van der Waals surface area contributed by atoms with Gasteiger partial charge in [-0.15, -0.1) is 0 Å². The summed E-state index contributed by atoms with van der Waals surface area (Å²) in [5, 5.41) is 3.40. The van der Waals surface area contributed by atoms with Gasteiger partial charge in [-0.1, -0.05) is 30.3 Å². The molecule has 4 aromatic rings. The van der Waals surface area contributed by atoms with Gasteiger partial charge in [0.15, 0.2) is 0 Å². The Hall–Kier alpha value is -3.07. The third kappa shape index (κ3) is 2.57. The number of rotatable bonds is 3. The number of hydrogen-bond donors (Lipinski definition) is 1. The largest absolute Gasteiger partial charge is 0.356 e. The highest BCUT2D eigenvalue weighted by atomic mass is 15.1. The van der Waals surface area contributed by atoms with E-state index in [-0.39, 0.29) is 0 Å². The second kappa shape index (κ2) is 5.61. The Morgan fingerprint density at radius 1 is 0.739 bits per heavy atom. The van der Waals surface area contributed by atoms with Crippen LogP contribution in [0.3, 0.4) is 0 Å². The zero-order chi connectivity index (χ0) is 15.6. The van der Waals surface area contributed by atoms with Gasteiger partial charge < -0.3 is 9.88 Å². The molecule has 0 saturated heterocycles. The summed E-state index contributed by atoms with van der Waals surface area (Å²) < 4.78 is 2.13. The fourth-order valence-electron chi connectivity index (χ4n) is 2.79. The summed E-state index contributed by atoms with van der Waals surface area (Å²) in [5.41, 5.74) is 5.44. The van der Waals surface area contributed by atoms with Crippen LogP contribution in [0.2, 0.25) is 0 Å². The molecule has 0 atom stereocenters. The van der Waals surface area contributed by atoms with Gasteiger partial charge in [-0.3, -0.25) is 0 Å². The molecular formula is C20H17N3. The van der Waals surface area contributed by atoms with Crippen LogP contribution in [-0.2, 0) is 7.05 Å². The third-order valence-corrected chi connectivity index (χ3v) is 3.99. The molecule has 23 heavy (non-hydrogen) atoms. The van der Waals surface area contributed by atoms with E-state index in [1.807, 2.05) is 36.4 Å². The molecule has 0 bridgehead atoms. The van der Waals surface area contributed by atoms with E-state index in [2.05, 4.69) is 59.4 Å². The van der Waals surface area contributed by atoms with Crippen molar-refractivity contribution in [1.29, 1.82) is 0 Å². The zero-order valence-corrected chi connectivity index (χ0v) is 12.9. The van der Waals surface area contributed by atoms with Gasteiger partial charge in [0.2, 0.25) is 0 Å². The topological polar surface area (TPSA) is 29.9 Å². The van der Waals surface area contributed by atoms with E-state index < -0.39 is 0 Å². The second-order valence-corrected chi connectivity index (χ2v) is 5.55. The molecule has 0 saturated carbocycles. The molecule has 1 aromatic heterocycles. The number of anilines is 2. The van der Waals surface area contributed by atoms with Gasteiger partial charge in [0.1, 0.15) is 5.82 Å². The lowest BCUT2D eigenvalue weighted by Crippen LogP contribution is -1.93. The number of fused-ring (bicyclic) bond motifs is 1. The lowest BCUT2D eigenvalue weighted by Gasteiger charge is -2.07. The van der Waals surface area contributed by atoms with Gasteiger partial charge in [0, 0.05) is 24.0 Å². The molecule has 4 rings (SSSR count). The summed E-state index contributed by atoms with van der Waals surface area (Å²) in [5.74, 6) is 0.984. The standard InChI is InChI=1S/C20H17N3/c1-23-19-10-6-5-9-18(19)22-20(23)15-11-13-17(14-12-15)21-16-7-3-2-4-8-16/h2-14,21H,1H3. The maximum Gasteiger partial charge on any atom is 0.140 e. The molecule has 0 amide bonds. The average molecular weight is 299 g/mol. The minimum atomic E-state index is 0.984. The number of imidazole rings is 1. The fourth-order valence-corrected chi connectivity index (χ4v) is 2.79. The summed E-state index contributed by atoms with van der Waals surface area (Å²) in [4.78, 5) is 4.74. The van der Waals surface area contributed by atoms with E-state index >= 15 is 0 Å². The molecule has 3 aromatic carbocycles. The van der Waals surface area contributed by atoms with E-state index in [1.165, 1.54) is 0 Å². The van der Waals surface area contributed by atoms with Crippen LogP contribution in [-0.4, -0.2) is 9.55 Å². The van der Waals surface area contributed by atoms with Crippen LogP contribution in [0.4, 0.5) is 11.4 Å². The van der Waals surface area contributed by atoms with Crippen molar-refractivity contribution in [2.24, 2.45) is 7.05 Å². The number of aryl methyl sites for hydroxylation is 1. The van der Waals surface area contributed by atoms with Gasteiger partial charge in [-0.2, -0.15) is 0 Å². The predicted molar refractivity (Wildman–Crippen MR) is 95.9 cm³/mol. The van der Waals surface area contributed by atoms with Crippen molar-refractivity contribution < 1.29 is 0 Å². The minimum absolute atomic E-state index is 0.984. The molecule has 0 fully saturated rings. The summed E-state index contributed by atoms with van der Waals surface area (Å²) in [6.07, 6.45) is 0. The first-order valence-corrected chi connectivity index (χ1v) is 7.65. The lowest BCUT2D eigenvalue weighted by atomic mass is 10.2. The van der Waals surface area contributed by atoms with Crippen LogP contribution in [0.15, 0.2) is 78.9 Å². The number of benzene rings is 3. The van der Waals surface area contributed by atoms with Crippen molar-refractivity contribution in [3.05, 3.63) is 78.9 Å². The minimum Gasteiger partial charge on any atom is -0.356 e. The Morgan fingerprint density at radius 3 is 2.13 bits per heavy atom. The van der Waals surface area contributed by atoms with E-state index in [4.69, 9.17) is 4.98 Å². The van der Waals surface area contributed by atoms with Crippen LogP contribution in [0, 0.1) is 0 Å². The molecule has 3 heteroatoms. The molecule has 0 aliphatic carbocycles. The Labute approximate surface area is 135 Å². The molecule has 0 spiro atoms. The first-order chi connectivity index (χ1) is 11.3. The summed E-state index contributed by atoms with van der Waals surface area (Å²) in [6.45, 7) is 0. The van der Waals surface area contributed by atoms with E-state index in [0.717, 1.165) is 33.8 Å². The van der Waals surface area contributed by atoms with E-state index in [0.29, 0.717) is 0 Å². The first-order valence-electron chi connectivity index (χ1n) is 7.65. The maximum absolute atomic E-state index is 4.74. The summed E-state index contributed by atoms with van der Waals surface area (Å²) in [6, 6.07) is 26.8. The van der Waals surface area contributed by atoms with Crippen LogP contribution in [0.5, 0.6) is 0 Å². The first kappa shape index (κ1) is 13.6. The van der Waals surface area contributed by atoms with Crippen LogP contribution >= 0.6 is 0 Å². The quantitative estimate of drug-likeness (QED) is 0.578. The van der Waals surface area contributed by atoms with Crippen molar-refractivity contribution in [1.82, 2.24) is 9.55 Å².